The molecule has 0 unspecified atom stereocenters. The van der Waals surface area contributed by atoms with E-state index in [-0.39, 0.29) is 47.3 Å². The van der Waals surface area contributed by atoms with Gasteiger partial charge in [0.25, 0.3) is 5.96 Å². The molecule has 12 nitrogen and oxygen atoms in total. The molecule has 2 bridgehead atoms. The molecule has 1 saturated heterocycles. The third-order valence-corrected chi connectivity index (χ3v) is 10.7. The molecule has 0 spiro atoms. The maximum absolute atomic E-state index is 13.8. The van der Waals surface area contributed by atoms with E-state index in [0.29, 0.717) is 37.5 Å². The van der Waals surface area contributed by atoms with Gasteiger partial charge in [-0.05, 0) is 68.6 Å². The Balaban J connectivity index is 1.57. The van der Waals surface area contributed by atoms with Crippen molar-refractivity contribution < 1.29 is 23.9 Å². The third kappa shape index (κ3) is 10.6. The van der Waals surface area contributed by atoms with Gasteiger partial charge in [0.05, 0.1) is 17.6 Å². The molecule has 262 valence electrons. The van der Waals surface area contributed by atoms with Crippen molar-refractivity contribution in [2.75, 3.05) is 6.54 Å². The Bertz CT molecular complexity index is 1030. The van der Waals surface area contributed by atoms with Gasteiger partial charge in [0, 0.05) is 13.0 Å². The first-order chi connectivity index (χ1) is 21.8. The number of unbranched alkanes of at least 4 members (excludes halogenated alkanes) is 8. The van der Waals surface area contributed by atoms with Crippen LogP contribution >= 0.6 is 0 Å². The molecule has 13 heteroatoms. The quantitative estimate of drug-likeness (QED) is 0.0280. The highest BCUT2D eigenvalue weighted by atomic mass is 16.7. The van der Waals surface area contributed by atoms with E-state index in [9.17, 15) is 19.7 Å². The molecule has 0 aromatic rings. The predicted octanol–water partition coefficient (Wildman–Crippen LogP) is 5.28. The van der Waals surface area contributed by atoms with Crippen LogP contribution in [0.5, 0.6) is 0 Å². The number of nitro groups is 1. The minimum atomic E-state index is -0.804. The molecule has 2 amide bonds. The fraction of sp³-hybridized carbons (Fsp3) is 0.909. The second kappa shape index (κ2) is 17.7. The van der Waals surface area contributed by atoms with Gasteiger partial charge in [-0.3, -0.25) is 15.0 Å². The zero-order valence-corrected chi connectivity index (χ0v) is 29.3. The van der Waals surface area contributed by atoms with Crippen LogP contribution in [-0.2, 0) is 18.9 Å². The van der Waals surface area contributed by atoms with Gasteiger partial charge >= 0.3 is 7.12 Å². The van der Waals surface area contributed by atoms with Crippen LogP contribution in [0, 0.1) is 38.7 Å². The highest BCUT2D eigenvalue weighted by Crippen LogP contribution is 2.65. The molecule has 4 aliphatic rings. The lowest BCUT2D eigenvalue weighted by Crippen LogP contribution is -2.65. The Morgan fingerprint density at radius 3 is 2.26 bits per heavy atom. The second-order valence-corrected chi connectivity index (χ2v) is 15.1. The van der Waals surface area contributed by atoms with Crippen LogP contribution in [-0.4, -0.2) is 60.2 Å². The lowest BCUT2D eigenvalue weighted by molar-refractivity contribution is -0.525. The maximum atomic E-state index is 13.8. The van der Waals surface area contributed by atoms with Crippen LogP contribution in [0.1, 0.15) is 138 Å². The van der Waals surface area contributed by atoms with E-state index in [1.807, 2.05) is 0 Å². The van der Waals surface area contributed by atoms with Crippen LogP contribution in [0.15, 0.2) is 0 Å². The van der Waals surface area contributed by atoms with E-state index in [2.05, 4.69) is 57.5 Å². The van der Waals surface area contributed by atoms with Crippen LogP contribution in [0.2, 0.25) is 0 Å². The van der Waals surface area contributed by atoms with E-state index < -0.39 is 24.2 Å². The number of hydrogen-bond acceptors (Lipinski definition) is 7. The van der Waals surface area contributed by atoms with Gasteiger partial charge in [0.1, 0.15) is 6.04 Å². The van der Waals surface area contributed by atoms with Crippen molar-refractivity contribution in [2.45, 2.75) is 162 Å². The van der Waals surface area contributed by atoms with Gasteiger partial charge in [-0.15, -0.1) is 0 Å². The Kier molecular flexibility index (Phi) is 14.6. The van der Waals surface area contributed by atoms with Crippen molar-refractivity contribution in [3.8, 4) is 0 Å². The van der Waals surface area contributed by atoms with E-state index in [0.717, 1.165) is 32.1 Å². The standard InChI is InChI=1S/C33H61BN6O6/c1-7-8-9-10-11-12-13-14-15-18-29(41)37-25(17-16-19-36-31(35)39-40(43)44)30(42)38-28(20-23(2)3)34-45-27-22-24-21-26(32(24,4)5)33(27,6)46-34/h23-28H,7-22H2,1-6H3,(H,37,41)(H,38,42)(H3,35,36,39)/t24-,25-,26-,27+,28-,33-/m0/s1. The molecule has 46 heavy (non-hydrogen) atoms. The first-order valence-corrected chi connectivity index (χ1v) is 17.9. The molecule has 4 rings (SSSR count). The van der Waals surface area contributed by atoms with Gasteiger partial charge < -0.3 is 25.3 Å². The summed E-state index contributed by atoms with van der Waals surface area (Å²) in [5.41, 5.74) is 1.59. The topological polar surface area (TPSA) is 168 Å². The van der Waals surface area contributed by atoms with E-state index in [4.69, 9.17) is 14.7 Å². The molecule has 6 atom stereocenters. The zero-order chi connectivity index (χ0) is 33.9. The number of guanidine groups is 1. The average Bonchev–Trinajstić information content (AvgIpc) is 3.34. The fourth-order valence-corrected chi connectivity index (χ4v) is 7.88. The first kappa shape index (κ1) is 38.0. The summed E-state index contributed by atoms with van der Waals surface area (Å²) in [7, 11) is -0.565. The van der Waals surface area contributed by atoms with Crippen molar-refractivity contribution in [1.29, 1.82) is 5.41 Å². The lowest BCUT2D eigenvalue weighted by atomic mass is 9.43. The monoisotopic (exact) mass is 648 g/mol. The maximum Gasteiger partial charge on any atom is 0.481 e. The van der Waals surface area contributed by atoms with Crippen molar-refractivity contribution >= 4 is 24.9 Å². The molecular formula is C33H61BN6O6. The lowest BCUT2D eigenvalue weighted by Gasteiger charge is -2.64. The molecule has 3 saturated carbocycles. The second-order valence-electron chi connectivity index (χ2n) is 15.1. The molecular weight excluding hydrogens is 587 g/mol. The van der Waals surface area contributed by atoms with Gasteiger partial charge in [0.15, 0.2) is 5.03 Å². The third-order valence-electron chi connectivity index (χ3n) is 10.7. The Morgan fingerprint density at radius 1 is 1.00 bits per heavy atom. The Labute approximate surface area is 276 Å². The number of nitrogens with zero attached hydrogens (tertiary/aromatic N) is 1. The normalized spacial score (nSPS) is 25.6. The SMILES string of the molecule is CCCCCCCCCCCC(=O)N[C@@H](CCCNC(=N)N[N+](=O)[O-])C(=O)N[C@@H](CC(C)C)B1O[C@@H]2C[C@@H]3C[C@@H](C3(C)C)[C@]2(C)O1. The summed E-state index contributed by atoms with van der Waals surface area (Å²) >= 11 is 0. The van der Waals surface area contributed by atoms with Gasteiger partial charge in [-0.1, -0.05) is 91.4 Å². The van der Waals surface area contributed by atoms with Crippen molar-refractivity contribution in [1.82, 2.24) is 21.4 Å². The molecule has 0 aromatic heterocycles. The summed E-state index contributed by atoms with van der Waals surface area (Å²) in [6, 6.07) is -0.786. The van der Waals surface area contributed by atoms with E-state index in [1.165, 1.54) is 38.5 Å². The zero-order valence-electron chi connectivity index (χ0n) is 29.3. The largest absolute Gasteiger partial charge is 0.481 e. The number of carbonyl (C=O) groups is 2. The number of hydrogen-bond donors (Lipinski definition) is 5. The molecule has 1 heterocycles. The highest BCUT2D eigenvalue weighted by molar-refractivity contribution is 6.48. The molecule has 4 fully saturated rings. The number of carbonyl (C=O) groups excluding carboxylic acids is 2. The minimum absolute atomic E-state index is 0.00171. The summed E-state index contributed by atoms with van der Waals surface area (Å²) in [6.45, 7) is 13.5. The van der Waals surface area contributed by atoms with Crippen LogP contribution < -0.4 is 21.4 Å². The van der Waals surface area contributed by atoms with Crippen LogP contribution in [0.3, 0.4) is 0 Å². The van der Waals surface area contributed by atoms with Crippen molar-refractivity contribution in [3.05, 3.63) is 10.1 Å². The molecule has 5 N–H and O–H groups in total. The Hall–Kier alpha value is -2.41. The average molecular weight is 649 g/mol. The predicted molar refractivity (Wildman–Crippen MR) is 180 cm³/mol. The molecule has 1 aliphatic heterocycles. The summed E-state index contributed by atoms with van der Waals surface area (Å²) in [6.07, 6.45) is 14.3. The van der Waals surface area contributed by atoms with E-state index in [1.54, 1.807) is 5.43 Å². The number of hydrazine groups is 1. The molecule has 0 radical (unpaired) electrons. The summed E-state index contributed by atoms with van der Waals surface area (Å²) < 4.78 is 13.2. The van der Waals surface area contributed by atoms with E-state index >= 15 is 0 Å². The molecule has 0 aromatic carbocycles. The Morgan fingerprint density at radius 2 is 1.65 bits per heavy atom. The number of nitrogens with one attached hydrogen (secondary N) is 5. The fourth-order valence-electron chi connectivity index (χ4n) is 7.88. The minimum Gasteiger partial charge on any atom is -0.404 e. The summed E-state index contributed by atoms with van der Waals surface area (Å²) in [5, 5.41) is 26.2. The number of amides is 2. The van der Waals surface area contributed by atoms with Gasteiger partial charge in [0.2, 0.25) is 11.8 Å². The first-order valence-electron chi connectivity index (χ1n) is 17.9. The highest BCUT2D eigenvalue weighted by Gasteiger charge is 2.68. The molecule has 3 aliphatic carbocycles. The van der Waals surface area contributed by atoms with Crippen LogP contribution in [0.25, 0.3) is 0 Å². The summed E-state index contributed by atoms with van der Waals surface area (Å²) in [4.78, 5) is 37.4. The summed E-state index contributed by atoms with van der Waals surface area (Å²) in [5.74, 6) is 0.0634. The van der Waals surface area contributed by atoms with Crippen molar-refractivity contribution in [2.24, 2.45) is 23.2 Å². The smallest absolute Gasteiger partial charge is 0.404 e. The number of rotatable bonds is 21. The van der Waals surface area contributed by atoms with Crippen molar-refractivity contribution in [3.63, 3.8) is 0 Å². The van der Waals surface area contributed by atoms with Gasteiger partial charge in [-0.2, -0.15) is 0 Å². The van der Waals surface area contributed by atoms with Crippen LogP contribution in [0.4, 0.5) is 0 Å². The van der Waals surface area contributed by atoms with Gasteiger partial charge in [-0.25, -0.2) is 10.1 Å².